The average molecular weight is 450 g/mol. The van der Waals surface area contributed by atoms with Crippen molar-refractivity contribution in [1.82, 2.24) is 4.90 Å². The number of hydrogen-bond acceptors (Lipinski definition) is 7. The van der Waals surface area contributed by atoms with E-state index in [1.54, 1.807) is 31.2 Å². The molecule has 0 aliphatic rings. The highest BCUT2D eigenvalue weighted by atomic mass is 35.5. The number of nitrogens with one attached hydrogen (secondary N) is 1. The summed E-state index contributed by atoms with van der Waals surface area (Å²) in [5.74, 6) is -2.03. The van der Waals surface area contributed by atoms with Gasteiger partial charge in [0.05, 0.1) is 34.3 Å². The van der Waals surface area contributed by atoms with Gasteiger partial charge in [0, 0.05) is 13.1 Å². The Morgan fingerprint density at radius 2 is 1.90 bits per heavy atom. The normalized spacial score (nSPS) is 10.2. The Hall–Kier alpha value is -3.66. The number of nitrogens with zero attached hydrogens (tertiary/aromatic N) is 2. The molecular weight excluding hydrogens is 430 g/mol. The van der Waals surface area contributed by atoms with Crippen LogP contribution in [-0.4, -0.2) is 54.4 Å². The van der Waals surface area contributed by atoms with Crippen molar-refractivity contribution in [3.05, 3.63) is 63.2 Å². The van der Waals surface area contributed by atoms with Gasteiger partial charge in [0.15, 0.2) is 12.4 Å². The number of rotatable bonds is 9. The van der Waals surface area contributed by atoms with Crippen LogP contribution in [0.1, 0.15) is 17.3 Å². The molecule has 1 N–H and O–H groups in total. The molecule has 0 aliphatic heterocycles. The molecule has 10 nitrogen and oxygen atoms in total. The number of likely N-dealkylation sites (N-methyl/N-ethyl adjacent to an activating group) is 1. The molecule has 2 aromatic carbocycles. The number of carbonyl (C=O) groups excluding carboxylic acids is 3. The zero-order chi connectivity index (χ0) is 23.0. The molecule has 0 aliphatic carbocycles. The summed E-state index contributed by atoms with van der Waals surface area (Å²) in [6, 6.07) is 10.2. The largest absolute Gasteiger partial charge is 0.487 e. The summed E-state index contributed by atoms with van der Waals surface area (Å²) in [6.45, 7) is 0.949. The van der Waals surface area contributed by atoms with E-state index in [0.29, 0.717) is 10.7 Å². The van der Waals surface area contributed by atoms with Gasteiger partial charge in [-0.1, -0.05) is 23.7 Å². The summed E-state index contributed by atoms with van der Waals surface area (Å²) in [6.07, 6.45) is 0. The van der Waals surface area contributed by atoms with E-state index in [0.717, 1.165) is 11.0 Å². The molecule has 31 heavy (non-hydrogen) atoms. The van der Waals surface area contributed by atoms with Gasteiger partial charge in [-0.3, -0.25) is 19.7 Å². The standard InChI is InChI=1S/C20H20ClN3O7/c1-3-30-17-9-8-13(10-16(17)24(28)29)20(27)31-12-19(26)23(2)11-18(25)22-15-7-5-4-6-14(15)21/h4-10H,3,11-12H2,1-2H3,(H,22,25). The van der Waals surface area contributed by atoms with Gasteiger partial charge < -0.3 is 19.7 Å². The van der Waals surface area contributed by atoms with E-state index >= 15 is 0 Å². The second-order valence-electron chi connectivity index (χ2n) is 6.23. The van der Waals surface area contributed by atoms with E-state index in [2.05, 4.69) is 5.32 Å². The highest BCUT2D eigenvalue weighted by molar-refractivity contribution is 6.33. The number of para-hydroxylation sites is 1. The van der Waals surface area contributed by atoms with Crippen molar-refractivity contribution < 1.29 is 28.8 Å². The second-order valence-corrected chi connectivity index (χ2v) is 6.63. The minimum Gasteiger partial charge on any atom is -0.487 e. The van der Waals surface area contributed by atoms with Crippen molar-refractivity contribution >= 4 is 40.8 Å². The minimum atomic E-state index is -0.923. The molecule has 0 bridgehead atoms. The lowest BCUT2D eigenvalue weighted by Crippen LogP contribution is -2.37. The van der Waals surface area contributed by atoms with E-state index in [-0.39, 0.29) is 24.5 Å². The first-order chi connectivity index (χ1) is 14.7. The average Bonchev–Trinajstić information content (AvgIpc) is 2.73. The first-order valence-electron chi connectivity index (χ1n) is 9.09. The lowest BCUT2D eigenvalue weighted by molar-refractivity contribution is -0.385. The highest BCUT2D eigenvalue weighted by Gasteiger charge is 2.21. The third-order valence-corrected chi connectivity index (χ3v) is 4.30. The molecule has 0 heterocycles. The molecule has 0 atom stereocenters. The van der Waals surface area contributed by atoms with Crippen LogP contribution in [0.25, 0.3) is 0 Å². The van der Waals surface area contributed by atoms with Crippen molar-refractivity contribution in [1.29, 1.82) is 0 Å². The quantitative estimate of drug-likeness (QED) is 0.354. The number of amides is 2. The van der Waals surface area contributed by atoms with E-state index < -0.39 is 35.0 Å². The van der Waals surface area contributed by atoms with Crippen molar-refractivity contribution in [3.8, 4) is 5.75 Å². The Kier molecular flexibility index (Phi) is 8.33. The van der Waals surface area contributed by atoms with E-state index in [1.807, 2.05) is 0 Å². The predicted molar refractivity (Wildman–Crippen MR) is 112 cm³/mol. The molecule has 0 saturated heterocycles. The Balaban J connectivity index is 1.91. The number of halogens is 1. The number of carbonyl (C=O) groups is 3. The SMILES string of the molecule is CCOc1ccc(C(=O)OCC(=O)N(C)CC(=O)Nc2ccccc2Cl)cc1[N+](=O)[O-]. The van der Waals surface area contributed by atoms with Gasteiger partial charge in [-0.15, -0.1) is 0 Å². The fraction of sp³-hybridized carbons (Fsp3) is 0.250. The number of nitro groups is 1. The molecule has 164 valence electrons. The van der Waals surface area contributed by atoms with Crippen LogP contribution in [0.3, 0.4) is 0 Å². The molecule has 0 fully saturated rings. The Morgan fingerprint density at radius 1 is 1.19 bits per heavy atom. The molecule has 2 rings (SSSR count). The maximum Gasteiger partial charge on any atom is 0.338 e. The van der Waals surface area contributed by atoms with Crippen LogP contribution >= 0.6 is 11.6 Å². The molecule has 0 spiro atoms. The fourth-order valence-corrected chi connectivity index (χ4v) is 2.62. The molecule has 0 unspecified atom stereocenters. The Labute approximate surface area is 182 Å². The highest BCUT2D eigenvalue weighted by Crippen LogP contribution is 2.28. The molecular formula is C20H20ClN3O7. The number of esters is 1. The number of anilines is 1. The molecule has 11 heteroatoms. The van der Waals surface area contributed by atoms with Crippen molar-refractivity contribution in [2.75, 3.05) is 32.1 Å². The third kappa shape index (κ3) is 6.68. The van der Waals surface area contributed by atoms with Crippen LogP contribution in [-0.2, 0) is 14.3 Å². The lowest BCUT2D eigenvalue weighted by Gasteiger charge is -2.17. The number of ether oxygens (including phenoxy) is 2. The Bertz CT molecular complexity index is 996. The van der Waals surface area contributed by atoms with Crippen LogP contribution in [0.5, 0.6) is 5.75 Å². The van der Waals surface area contributed by atoms with Gasteiger partial charge in [0.1, 0.15) is 0 Å². The summed E-state index contributed by atoms with van der Waals surface area (Å²) in [4.78, 5) is 47.9. The Morgan fingerprint density at radius 3 is 2.55 bits per heavy atom. The first-order valence-corrected chi connectivity index (χ1v) is 9.47. The van der Waals surface area contributed by atoms with Crippen molar-refractivity contribution in [2.24, 2.45) is 0 Å². The smallest absolute Gasteiger partial charge is 0.338 e. The third-order valence-electron chi connectivity index (χ3n) is 3.97. The zero-order valence-electron chi connectivity index (χ0n) is 16.8. The summed E-state index contributed by atoms with van der Waals surface area (Å²) in [5, 5.41) is 14.1. The summed E-state index contributed by atoms with van der Waals surface area (Å²) in [5.41, 5.74) is -0.100. The van der Waals surface area contributed by atoms with Crippen LogP contribution < -0.4 is 10.1 Å². The predicted octanol–water partition coefficient (Wildman–Crippen LogP) is 2.90. The first kappa shape index (κ1) is 23.6. The molecule has 2 amide bonds. The second kappa shape index (κ2) is 10.9. The van der Waals surface area contributed by atoms with Gasteiger partial charge in [-0.25, -0.2) is 4.79 Å². The van der Waals surface area contributed by atoms with Crippen LogP contribution in [0.2, 0.25) is 5.02 Å². The van der Waals surface area contributed by atoms with Crippen molar-refractivity contribution in [3.63, 3.8) is 0 Å². The van der Waals surface area contributed by atoms with E-state index in [4.69, 9.17) is 21.1 Å². The molecule has 0 radical (unpaired) electrons. The molecule has 0 aromatic heterocycles. The fourth-order valence-electron chi connectivity index (χ4n) is 2.44. The zero-order valence-corrected chi connectivity index (χ0v) is 17.5. The van der Waals surface area contributed by atoms with E-state index in [1.165, 1.54) is 19.2 Å². The maximum atomic E-state index is 12.2. The summed E-state index contributed by atoms with van der Waals surface area (Å²) in [7, 11) is 1.37. The van der Waals surface area contributed by atoms with Gasteiger partial charge >= 0.3 is 11.7 Å². The maximum absolute atomic E-state index is 12.2. The van der Waals surface area contributed by atoms with Gasteiger partial charge in [0.2, 0.25) is 5.91 Å². The number of nitro benzene ring substituents is 1. The number of benzene rings is 2. The minimum absolute atomic E-state index is 0.0180. The number of hydrogen-bond donors (Lipinski definition) is 1. The van der Waals surface area contributed by atoms with Crippen LogP contribution in [0.4, 0.5) is 11.4 Å². The molecule has 2 aromatic rings. The van der Waals surface area contributed by atoms with E-state index in [9.17, 15) is 24.5 Å². The van der Waals surface area contributed by atoms with Gasteiger partial charge in [-0.2, -0.15) is 0 Å². The summed E-state index contributed by atoms with van der Waals surface area (Å²) < 4.78 is 10.1. The lowest BCUT2D eigenvalue weighted by atomic mass is 10.2. The monoisotopic (exact) mass is 449 g/mol. The topological polar surface area (TPSA) is 128 Å². The molecule has 0 saturated carbocycles. The van der Waals surface area contributed by atoms with Crippen LogP contribution in [0, 0.1) is 10.1 Å². The van der Waals surface area contributed by atoms with Crippen LogP contribution in [0.15, 0.2) is 42.5 Å². The summed E-state index contributed by atoms with van der Waals surface area (Å²) >= 11 is 5.97. The van der Waals surface area contributed by atoms with Gasteiger partial charge in [-0.05, 0) is 31.2 Å². The van der Waals surface area contributed by atoms with Crippen molar-refractivity contribution in [2.45, 2.75) is 6.92 Å². The van der Waals surface area contributed by atoms with Gasteiger partial charge in [0.25, 0.3) is 5.91 Å².